The van der Waals surface area contributed by atoms with Crippen molar-refractivity contribution in [1.82, 2.24) is 0 Å². The predicted molar refractivity (Wildman–Crippen MR) is 60.5 cm³/mol. The second kappa shape index (κ2) is 5.50. The molecule has 1 saturated carbocycles. The molecular weight excluding hydrogens is 190 g/mol. The number of hydrogen-bond donors (Lipinski definition) is 2. The van der Waals surface area contributed by atoms with Gasteiger partial charge in [-0.05, 0) is 30.6 Å². The summed E-state index contributed by atoms with van der Waals surface area (Å²) in [6.07, 6.45) is 5.23. The van der Waals surface area contributed by atoms with E-state index in [0.717, 1.165) is 12.3 Å². The van der Waals surface area contributed by atoms with Crippen LogP contribution in [0.4, 0.5) is 0 Å². The van der Waals surface area contributed by atoms with Crippen molar-refractivity contribution in [3.63, 3.8) is 0 Å². The van der Waals surface area contributed by atoms with Crippen LogP contribution in [0.25, 0.3) is 0 Å². The minimum atomic E-state index is -0.788. The molecule has 0 saturated heterocycles. The van der Waals surface area contributed by atoms with Crippen molar-refractivity contribution < 1.29 is 9.90 Å². The van der Waals surface area contributed by atoms with Gasteiger partial charge in [0.25, 0.3) is 0 Å². The fourth-order valence-electron chi connectivity index (χ4n) is 2.23. The molecule has 0 aliphatic heterocycles. The van der Waals surface area contributed by atoms with Gasteiger partial charge in [-0.2, -0.15) is 0 Å². The number of carboxylic acids is 1. The van der Waals surface area contributed by atoms with Crippen molar-refractivity contribution in [2.45, 2.75) is 52.0 Å². The van der Waals surface area contributed by atoms with Crippen molar-refractivity contribution in [2.24, 2.45) is 23.5 Å². The number of hydrogen-bond acceptors (Lipinski definition) is 2. The van der Waals surface area contributed by atoms with E-state index in [-0.39, 0.29) is 12.5 Å². The van der Waals surface area contributed by atoms with Gasteiger partial charge in [-0.3, -0.25) is 4.79 Å². The molecule has 88 valence electrons. The molecule has 3 atom stereocenters. The monoisotopic (exact) mass is 213 g/mol. The maximum atomic E-state index is 10.5. The fourth-order valence-corrected chi connectivity index (χ4v) is 2.23. The Kier molecular flexibility index (Phi) is 4.58. The van der Waals surface area contributed by atoms with E-state index in [1.165, 1.54) is 19.3 Å². The molecule has 3 heteroatoms. The lowest BCUT2D eigenvalue weighted by atomic mass is 9.87. The molecule has 3 N–H and O–H groups in total. The highest BCUT2D eigenvalue weighted by atomic mass is 16.4. The molecule has 0 aromatic carbocycles. The number of rotatable bonds is 7. The summed E-state index contributed by atoms with van der Waals surface area (Å²) >= 11 is 0. The third-order valence-electron chi connectivity index (χ3n) is 3.35. The Balaban J connectivity index is 2.19. The highest BCUT2D eigenvalue weighted by Gasteiger charge is 2.25. The Bertz CT molecular complexity index is 214. The number of carboxylic acid groups (broad SMARTS) is 1. The van der Waals surface area contributed by atoms with Gasteiger partial charge in [0.1, 0.15) is 0 Å². The van der Waals surface area contributed by atoms with Crippen molar-refractivity contribution in [3.8, 4) is 0 Å². The van der Waals surface area contributed by atoms with Gasteiger partial charge in [-0.1, -0.05) is 26.7 Å². The zero-order chi connectivity index (χ0) is 11.4. The fraction of sp³-hybridized carbons (Fsp3) is 0.917. The maximum absolute atomic E-state index is 10.5. The minimum Gasteiger partial charge on any atom is -0.481 e. The molecule has 1 rings (SSSR count). The first-order valence-corrected chi connectivity index (χ1v) is 5.96. The van der Waals surface area contributed by atoms with E-state index in [1.807, 2.05) is 0 Å². The van der Waals surface area contributed by atoms with Gasteiger partial charge in [0, 0.05) is 6.04 Å². The van der Waals surface area contributed by atoms with E-state index in [0.29, 0.717) is 11.8 Å². The first-order valence-electron chi connectivity index (χ1n) is 5.96. The van der Waals surface area contributed by atoms with Crippen molar-refractivity contribution in [2.75, 3.05) is 0 Å². The lowest BCUT2D eigenvalue weighted by molar-refractivity contribution is -0.137. The van der Waals surface area contributed by atoms with Crippen LogP contribution in [0.1, 0.15) is 46.0 Å². The van der Waals surface area contributed by atoms with Crippen LogP contribution in [0.5, 0.6) is 0 Å². The number of nitrogens with two attached hydrogens (primary N) is 1. The van der Waals surface area contributed by atoms with Crippen LogP contribution in [0, 0.1) is 17.8 Å². The normalized spacial score (nSPS) is 22.1. The Morgan fingerprint density at radius 1 is 1.47 bits per heavy atom. The lowest BCUT2D eigenvalue weighted by Crippen LogP contribution is -2.31. The summed E-state index contributed by atoms with van der Waals surface area (Å²) in [7, 11) is 0. The maximum Gasteiger partial charge on any atom is 0.304 e. The molecule has 0 bridgehead atoms. The summed E-state index contributed by atoms with van der Waals surface area (Å²) in [4.78, 5) is 10.5. The highest BCUT2D eigenvalue weighted by Crippen LogP contribution is 2.37. The summed E-state index contributed by atoms with van der Waals surface area (Å²) in [6.45, 7) is 4.32. The summed E-state index contributed by atoms with van der Waals surface area (Å²) in [5.74, 6) is 1.16. The van der Waals surface area contributed by atoms with E-state index >= 15 is 0 Å². The molecule has 3 nitrogen and oxygen atoms in total. The Morgan fingerprint density at radius 3 is 2.53 bits per heavy atom. The second-order valence-corrected chi connectivity index (χ2v) is 5.26. The first-order chi connectivity index (χ1) is 6.99. The van der Waals surface area contributed by atoms with E-state index in [4.69, 9.17) is 10.8 Å². The van der Waals surface area contributed by atoms with Gasteiger partial charge in [-0.15, -0.1) is 0 Å². The molecule has 1 aliphatic rings. The quantitative estimate of drug-likeness (QED) is 0.681. The van der Waals surface area contributed by atoms with Gasteiger partial charge in [-0.25, -0.2) is 0 Å². The van der Waals surface area contributed by atoms with E-state index < -0.39 is 5.97 Å². The van der Waals surface area contributed by atoms with Crippen LogP contribution < -0.4 is 5.73 Å². The van der Waals surface area contributed by atoms with E-state index in [2.05, 4.69) is 13.8 Å². The molecule has 0 heterocycles. The van der Waals surface area contributed by atoms with Crippen LogP contribution in [-0.2, 0) is 4.79 Å². The molecular formula is C12H23NO2. The number of aliphatic carboxylic acids is 1. The van der Waals surface area contributed by atoms with Gasteiger partial charge in [0.05, 0.1) is 6.42 Å². The van der Waals surface area contributed by atoms with Gasteiger partial charge in [0.15, 0.2) is 0 Å². The van der Waals surface area contributed by atoms with Crippen LogP contribution >= 0.6 is 0 Å². The van der Waals surface area contributed by atoms with Crippen molar-refractivity contribution in [3.05, 3.63) is 0 Å². The molecule has 0 aromatic rings. The largest absolute Gasteiger partial charge is 0.481 e. The van der Waals surface area contributed by atoms with Crippen LogP contribution in [0.3, 0.4) is 0 Å². The van der Waals surface area contributed by atoms with Crippen LogP contribution in [-0.4, -0.2) is 17.1 Å². The summed E-state index contributed by atoms with van der Waals surface area (Å²) in [5.41, 5.74) is 5.83. The van der Waals surface area contributed by atoms with Crippen LogP contribution in [0.2, 0.25) is 0 Å². The summed E-state index contributed by atoms with van der Waals surface area (Å²) in [5, 5.41) is 8.64. The molecule has 0 aromatic heterocycles. The summed E-state index contributed by atoms with van der Waals surface area (Å²) in [6, 6.07) is -0.191. The number of carbonyl (C=O) groups is 1. The second-order valence-electron chi connectivity index (χ2n) is 5.26. The molecule has 0 radical (unpaired) electrons. The SMILES string of the molecule is CC(CC1CC1)CC(C)C(N)CC(=O)O. The summed E-state index contributed by atoms with van der Waals surface area (Å²) < 4.78 is 0. The molecule has 1 fully saturated rings. The molecule has 1 aliphatic carbocycles. The predicted octanol–water partition coefficient (Wildman–Crippen LogP) is 2.25. The average molecular weight is 213 g/mol. The third kappa shape index (κ3) is 5.17. The van der Waals surface area contributed by atoms with Crippen molar-refractivity contribution >= 4 is 5.97 Å². The van der Waals surface area contributed by atoms with Crippen molar-refractivity contribution in [1.29, 1.82) is 0 Å². The van der Waals surface area contributed by atoms with Gasteiger partial charge >= 0.3 is 5.97 Å². The molecule has 0 spiro atoms. The lowest BCUT2D eigenvalue weighted by Gasteiger charge is -2.21. The molecule has 3 unspecified atom stereocenters. The Labute approximate surface area is 92.0 Å². The molecule has 0 amide bonds. The third-order valence-corrected chi connectivity index (χ3v) is 3.35. The topological polar surface area (TPSA) is 63.3 Å². The first kappa shape index (κ1) is 12.5. The zero-order valence-corrected chi connectivity index (χ0v) is 9.78. The van der Waals surface area contributed by atoms with Gasteiger partial charge < -0.3 is 10.8 Å². The standard InChI is InChI=1S/C12H23NO2/c1-8(6-10-3-4-10)5-9(2)11(13)7-12(14)15/h8-11H,3-7,13H2,1-2H3,(H,14,15). The smallest absolute Gasteiger partial charge is 0.304 e. The minimum absolute atomic E-state index is 0.0946. The Hall–Kier alpha value is -0.570. The molecule has 15 heavy (non-hydrogen) atoms. The average Bonchev–Trinajstić information content (AvgIpc) is 2.86. The highest BCUT2D eigenvalue weighted by molar-refractivity contribution is 5.67. The van der Waals surface area contributed by atoms with Crippen LogP contribution in [0.15, 0.2) is 0 Å². The Morgan fingerprint density at radius 2 is 2.07 bits per heavy atom. The van der Waals surface area contributed by atoms with E-state index in [1.54, 1.807) is 0 Å². The van der Waals surface area contributed by atoms with E-state index in [9.17, 15) is 4.79 Å². The zero-order valence-electron chi connectivity index (χ0n) is 9.78. The van der Waals surface area contributed by atoms with Gasteiger partial charge in [0.2, 0.25) is 0 Å².